The molecule has 0 saturated carbocycles. The second-order valence-corrected chi connectivity index (χ2v) is 4.68. The maximum atomic E-state index is 12.2. The summed E-state index contributed by atoms with van der Waals surface area (Å²) in [5, 5.41) is 3.24. The lowest BCUT2D eigenvalue weighted by Crippen LogP contribution is -2.15. The number of halogens is 1. The Morgan fingerprint density at radius 2 is 2.00 bits per heavy atom. The number of hydrogen-bond acceptors (Lipinski definition) is 4. The van der Waals surface area contributed by atoms with Crippen molar-refractivity contribution < 1.29 is 9.53 Å². The van der Waals surface area contributed by atoms with Gasteiger partial charge in [-0.15, -0.1) is 0 Å². The molecule has 0 fully saturated rings. The van der Waals surface area contributed by atoms with Gasteiger partial charge in [0, 0.05) is 10.7 Å². The van der Waals surface area contributed by atoms with E-state index in [0.29, 0.717) is 28.0 Å². The predicted molar refractivity (Wildman–Crippen MR) is 77.5 cm³/mol. The number of benzene rings is 1. The first-order valence-corrected chi connectivity index (χ1v) is 6.34. The molecule has 2 rings (SSSR count). The van der Waals surface area contributed by atoms with E-state index in [2.05, 4.69) is 15.3 Å². The van der Waals surface area contributed by atoms with Crippen LogP contribution in [-0.2, 0) is 0 Å². The Labute approximate surface area is 122 Å². The number of nitrogens with one attached hydrogen (secondary N) is 1. The fraction of sp³-hybridized carbons (Fsp3) is 0.214. The van der Waals surface area contributed by atoms with Gasteiger partial charge in [-0.2, -0.15) is 0 Å². The molecule has 1 aromatic heterocycles. The van der Waals surface area contributed by atoms with E-state index in [9.17, 15) is 4.79 Å². The van der Waals surface area contributed by atoms with Crippen molar-refractivity contribution in [1.82, 2.24) is 9.97 Å². The van der Waals surface area contributed by atoms with Gasteiger partial charge in [0.2, 0.25) is 0 Å². The van der Waals surface area contributed by atoms with Crippen molar-refractivity contribution in [2.24, 2.45) is 0 Å². The second-order valence-electron chi connectivity index (χ2n) is 4.24. The molecule has 0 atom stereocenters. The zero-order valence-corrected chi connectivity index (χ0v) is 12.2. The van der Waals surface area contributed by atoms with Crippen LogP contribution in [0.2, 0.25) is 5.02 Å². The molecule has 1 heterocycles. The quantitative estimate of drug-likeness (QED) is 0.944. The number of rotatable bonds is 3. The van der Waals surface area contributed by atoms with Crippen molar-refractivity contribution in [2.45, 2.75) is 13.8 Å². The topological polar surface area (TPSA) is 64.1 Å². The molecule has 1 N–H and O–H groups in total. The zero-order chi connectivity index (χ0) is 14.7. The highest BCUT2D eigenvalue weighted by Gasteiger charge is 2.12. The minimum absolute atomic E-state index is 0.303. The highest BCUT2D eigenvalue weighted by Crippen LogP contribution is 2.27. The SMILES string of the molecule is COc1ccc(Cl)cc1NC(=O)c1cc(C)nc(C)n1. The molecule has 0 radical (unpaired) electrons. The Hall–Kier alpha value is -2.14. The van der Waals surface area contributed by atoms with Crippen LogP contribution >= 0.6 is 11.6 Å². The summed E-state index contributed by atoms with van der Waals surface area (Å²) < 4.78 is 5.18. The highest BCUT2D eigenvalue weighted by molar-refractivity contribution is 6.31. The van der Waals surface area contributed by atoms with E-state index in [4.69, 9.17) is 16.3 Å². The minimum Gasteiger partial charge on any atom is -0.495 e. The molecule has 1 aromatic carbocycles. The van der Waals surface area contributed by atoms with Crippen molar-refractivity contribution in [3.05, 3.63) is 46.5 Å². The van der Waals surface area contributed by atoms with Crippen LogP contribution in [0.3, 0.4) is 0 Å². The number of amides is 1. The smallest absolute Gasteiger partial charge is 0.274 e. The largest absolute Gasteiger partial charge is 0.495 e. The normalized spacial score (nSPS) is 10.2. The van der Waals surface area contributed by atoms with Gasteiger partial charge in [0.15, 0.2) is 0 Å². The van der Waals surface area contributed by atoms with E-state index in [1.807, 2.05) is 6.92 Å². The summed E-state index contributed by atoms with van der Waals surface area (Å²) in [6.45, 7) is 3.55. The molecular formula is C14H14ClN3O2. The molecule has 2 aromatic rings. The number of carbonyl (C=O) groups excluding carboxylic acids is 1. The molecular weight excluding hydrogens is 278 g/mol. The summed E-state index contributed by atoms with van der Waals surface area (Å²) >= 11 is 5.92. The minimum atomic E-state index is -0.334. The van der Waals surface area contributed by atoms with Crippen LogP contribution in [0.1, 0.15) is 22.0 Å². The van der Waals surface area contributed by atoms with Gasteiger partial charge in [-0.3, -0.25) is 4.79 Å². The van der Waals surface area contributed by atoms with Crippen LogP contribution in [0.15, 0.2) is 24.3 Å². The van der Waals surface area contributed by atoms with Gasteiger partial charge in [0.25, 0.3) is 5.91 Å². The first-order valence-electron chi connectivity index (χ1n) is 5.97. The van der Waals surface area contributed by atoms with Crippen molar-refractivity contribution in [3.8, 4) is 5.75 Å². The lowest BCUT2D eigenvalue weighted by Gasteiger charge is -2.10. The average molecular weight is 292 g/mol. The molecule has 20 heavy (non-hydrogen) atoms. The number of carbonyl (C=O) groups is 1. The average Bonchev–Trinajstić information content (AvgIpc) is 2.37. The Morgan fingerprint density at radius 1 is 1.25 bits per heavy atom. The van der Waals surface area contributed by atoms with Gasteiger partial charge in [0.05, 0.1) is 12.8 Å². The predicted octanol–water partition coefficient (Wildman–Crippen LogP) is 3.01. The molecule has 0 unspecified atom stereocenters. The van der Waals surface area contributed by atoms with Gasteiger partial charge in [0.1, 0.15) is 17.3 Å². The van der Waals surface area contributed by atoms with Crippen LogP contribution in [0, 0.1) is 13.8 Å². The third-order valence-electron chi connectivity index (χ3n) is 2.61. The first-order chi connectivity index (χ1) is 9.49. The van der Waals surface area contributed by atoms with Crippen molar-refractivity contribution in [2.75, 3.05) is 12.4 Å². The Morgan fingerprint density at radius 3 is 2.65 bits per heavy atom. The van der Waals surface area contributed by atoms with Crippen LogP contribution in [0.5, 0.6) is 5.75 Å². The van der Waals surface area contributed by atoms with E-state index < -0.39 is 0 Å². The van der Waals surface area contributed by atoms with E-state index in [0.717, 1.165) is 5.69 Å². The Kier molecular flexibility index (Phi) is 4.20. The molecule has 0 bridgehead atoms. The van der Waals surface area contributed by atoms with Crippen LogP contribution in [-0.4, -0.2) is 23.0 Å². The summed E-state index contributed by atoms with van der Waals surface area (Å²) in [6, 6.07) is 6.63. The summed E-state index contributed by atoms with van der Waals surface area (Å²) in [7, 11) is 1.53. The summed E-state index contributed by atoms with van der Waals surface area (Å²) in [4.78, 5) is 20.4. The van der Waals surface area contributed by atoms with Crippen LogP contribution in [0.25, 0.3) is 0 Å². The zero-order valence-electron chi connectivity index (χ0n) is 11.4. The van der Waals surface area contributed by atoms with E-state index in [-0.39, 0.29) is 5.91 Å². The first kappa shape index (κ1) is 14.3. The van der Waals surface area contributed by atoms with E-state index in [1.165, 1.54) is 7.11 Å². The van der Waals surface area contributed by atoms with E-state index >= 15 is 0 Å². The van der Waals surface area contributed by atoms with Crippen LogP contribution < -0.4 is 10.1 Å². The number of nitrogens with zero attached hydrogens (tertiary/aromatic N) is 2. The molecule has 0 spiro atoms. The van der Waals surface area contributed by atoms with Crippen LogP contribution in [0.4, 0.5) is 5.69 Å². The molecule has 6 heteroatoms. The summed E-state index contributed by atoms with van der Waals surface area (Å²) in [5.74, 6) is 0.748. The van der Waals surface area contributed by atoms with E-state index in [1.54, 1.807) is 31.2 Å². The number of aromatic nitrogens is 2. The number of hydrogen-bond donors (Lipinski definition) is 1. The molecule has 0 aliphatic rings. The number of ether oxygens (including phenoxy) is 1. The van der Waals surface area contributed by atoms with Gasteiger partial charge in [-0.05, 0) is 38.1 Å². The van der Waals surface area contributed by atoms with Gasteiger partial charge < -0.3 is 10.1 Å². The monoisotopic (exact) mass is 291 g/mol. The van der Waals surface area contributed by atoms with Crippen molar-refractivity contribution >= 4 is 23.2 Å². The molecule has 0 saturated heterocycles. The fourth-order valence-electron chi connectivity index (χ4n) is 1.80. The number of methoxy groups -OCH3 is 1. The fourth-order valence-corrected chi connectivity index (χ4v) is 1.97. The highest BCUT2D eigenvalue weighted by atomic mass is 35.5. The lowest BCUT2D eigenvalue weighted by molar-refractivity contribution is 0.102. The number of anilines is 1. The molecule has 1 amide bonds. The standard InChI is InChI=1S/C14H14ClN3O2/c1-8-6-12(17-9(2)16-8)14(19)18-11-7-10(15)4-5-13(11)20-3/h4-7H,1-3H3,(H,18,19). The molecule has 104 valence electrons. The maximum Gasteiger partial charge on any atom is 0.274 e. The lowest BCUT2D eigenvalue weighted by atomic mass is 10.2. The molecule has 5 nitrogen and oxygen atoms in total. The van der Waals surface area contributed by atoms with Crippen molar-refractivity contribution in [1.29, 1.82) is 0 Å². The molecule has 0 aliphatic carbocycles. The number of aryl methyl sites for hydroxylation is 2. The summed E-state index contributed by atoms with van der Waals surface area (Å²) in [5.41, 5.74) is 1.54. The second kappa shape index (κ2) is 5.88. The third kappa shape index (κ3) is 3.24. The Balaban J connectivity index is 2.29. The van der Waals surface area contributed by atoms with Gasteiger partial charge >= 0.3 is 0 Å². The third-order valence-corrected chi connectivity index (χ3v) is 2.84. The molecule has 0 aliphatic heterocycles. The maximum absolute atomic E-state index is 12.2. The summed E-state index contributed by atoms with van der Waals surface area (Å²) in [6.07, 6.45) is 0. The van der Waals surface area contributed by atoms with Gasteiger partial charge in [-0.25, -0.2) is 9.97 Å². The Bertz CT molecular complexity index is 639. The van der Waals surface area contributed by atoms with Crippen molar-refractivity contribution in [3.63, 3.8) is 0 Å². The van der Waals surface area contributed by atoms with Gasteiger partial charge in [-0.1, -0.05) is 11.6 Å².